The lowest BCUT2D eigenvalue weighted by molar-refractivity contribution is 0.628. The van der Waals surface area contributed by atoms with Crippen LogP contribution < -0.4 is 0 Å². The fourth-order valence-corrected chi connectivity index (χ4v) is 1.33. The molecule has 0 aliphatic rings. The smallest absolute Gasteiger partial charge is 0.123 e. The van der Waals surface area contributed by atoms with Gasteiger partial charge in [-0.25, -0.2) is 4.39 Å². The molecule has 0 aromatic heterocycles. The molecule has 2 heteroatoms. The second kappa shape index (κ2) is 3.93. The van der Waals surface area contributed by atoms with Gasteiger partial charge in [0.05, 0.1) is 11.6 Å². The van der Waals surface area contributed by atoms with E-state index in [-0.39, 0.29) is 5.82 Å². The van der Waals surface area contributed by atoms with Crippen LogP contribution in [0.5, 0.6) is 0 Å². The van der Waals surface area contributed by atoms with E-state index in [9.17, 15) is 4.39 Å². The molecule has 2 aromatic carbocycles. The van der Waals surface area contributed by atoms with Crippen LogP contribution in [0.1, 0.15) is 5.56 Å². The molecule has 0 bridgehead atoms. The van der Waals surface area contributed by atoms with Crippen molar-refractivity contribution in [1.82, 2.24) is 0 Å². The summed E-state index contributed by atoms with van der Waals surface area (Å²) in [5.74, 6) is -0.284. The van der Waals surface area contributed by atoms with Gasteiger partial charge in [-0.15, -0.1) is 0 Å². The molecule has 71 valence electrons. The topological polar surface area (TPSA) is 23.8 Å². The minimum absolute atomic E-state index is 0.284. The van der Waals surface area contributed by atoms with Gasteiger partial charge in [0.15, 0.2) is 0 Å². The first-order chi connectivity index (χ1) is 7.29. The highest BCUT2D eigenvalue weighted by Gasteiger charge is 1.99. The first kappa shape index (κ1) is 9.42. The summed E-state index contributed by atoms with van der Waals surface area (Å²) in [6, 6.07) is 16.3. The zero-order valence-corrected chi connectivity index (χ0v) is 7.87. The first-order valence-corrected chi connectivity index (χ1v) is 4.47. The molecule has 2 rings (SSSR count). The summed E-state index contributed by atoms with van der Waals surface area (Å²) in [6.07, 6.45) is 0. The fourth-order valence-electron chi connectivity index (χ4n) is 1.33. The predicted octanol–water partition coefficient (Wildman–Crippen LogP) is 3.16. The van der Waals surface area contributed by atoms with E-state index >= 15 is 0 Å². The lowest BCUT2D eigenvalue weighted by atomic mass is 10.0. The van der Waals surface area contributed by atoms with E-state index < -0.39 is 0 Å². The molecule has 1 nitrogen and oxygen atoms in total. The monoisotopic (exact) mass is 196 g/mol. The normalized spacial score (nSPS) is 9.60. The Bertz CT molecular complexity index is 509. The molecular weight excluding hydrogens is 189 g/mol. The molecule has 0 heterocycles. The van der Waals surface area contributed by atoms with E-state index in [1.54, 1.807) is 30.3 Å². The number of nitriles is 1. The SMILES string of the molecule is N#Cc1ccc(-c2[c]ccc(F)c2)cc1. The van der Waals surface area contributed by atoms with Crippen molar-refractivity contribution in [3.05, 3.63) is 59.9 Å². The number of hydrogen-bond donors (Lipinski definition) is 0. The fraction of sp³-hybridized carbons (Fsp3) is 0. The van der Waals surface area contributed by atoms with Gasteiger partial charge in [-0.3, -0.25) is 0 Å². The summed E-state index contributed by atoms with van der Waals surface area (Å²) in [6.45, 7) is 0. The van der Waals surface area contributed by atoms with Gasteiger partial charge >= 0.3 is 0 Å². The average molecular weight is 196 g/mol. The van der Waals surface area contributed by atoms with Gasteiger partial charge in [0.25, 0.3) is 0 Å². The summed E-state index contributed by atoms with van der Waals surface area (Å²) >= 11 is 0. The molecule has 0 aliphatic heterocycles. The van der Waals surface area contributed by atoms with Crippen LogP contribution in [-0.2, 0) is 0 Å². The summed E-state index contributed by atoms with van der Waals surface area (Å²) in [5, 5.41) is 8.63. The predicted molar refractivity (Wildman–Crippen MR) is 55.4 cm³/mol. The van der Waals surface area contributed by atoms with Gasteiger partial charge in [-0.1, -0.05) is 18.2 Å². The van der Waals surface area contributed by atoms with Crippen LogP contribution in [0.3, 0.4) is 0 Å². The van der Waals surface area contributed by atoms with Crippen molar-refractivity contribution in [2.24, 2.45) is 0 Å². The minimum atomic E-state index is -0.284. The quantitative estimate of drug-likeness (QED) is 0.687. The van der Waals surface area contributed by atoms with Crippen LogP contribution in [0.4, 0.5) is 4.39 Å². The minimum Gasteiger partial charge on any atom is -0.207 e. The highest BCUT2D eigenvalue weighted by molar-refractivity contribution is 5.63. The number of hydrogen-bond acceptors (Lipinski definition) is 1. The summed E-state index contributed by atoms with van der Waals surface area (Å²) < 4.78 is 12.9. The van der Waals surface area contributed by atoms with Crippen LogP contribution in [0.25, 0.3) is 11.1 Å². The standard InChI is InChI=1S/C13H7FN/c14-13-3-1-2-12(8-13)11-6-4-10(9-15)5-7-11/h1,3-8H. The van der Waals surface area contributed by atoms with E-state index in [1.807, 2.05) is 6.07 Å². The number of nitrogens with zero attached hydrogens (tertiary/aromatic N) is 1. The molecule has 0 fully saturated rings. The zero-order valence-electron chi connectivity index (χ0n) is 7.87. The molecule has 0 amide bonds. The number of halogens is 1. The number of benzene rings is 2. The van der Waals surface area contributed by atoms with Crippen LogP contribution in [0.15, 0.2) is 42.5 Å². The Morgan fingerprint density at radius 3 is 2.47 bits per heavy atom. The maximum atomic E-state index is 12.9. The van der Waals surface area contributed by atoms with Crippen molar-refractivity contribution < 1.29 is 4.39 Å². The van der Waals surface area contributed by atoms with Crippen molar-refractivity contribution in [1.29, 1.82) is 5.26 Å². The third-order valence-corrected chi connectivity index (χ3v) is 2.09. The third kappa shape index (κ3) is 2.03. The molecule has 1 radical (unpaired) electrons. The van der Waals surface area contributed by atoms with E-state index in [1.165, 1.54) is 12.1 Å². The molecule has 0 aliphatic carbocycles. The Kier molecular flexibility index (Phi) is 2.47. The largest absolute Gasteiger partial charge is 0.207 e. The molecule has 0 N–H and O–H groups in total. The van der Waals surface area contributed by atoms with Crippen LogP contribution >= 0.6 is 0 Å². The summed E-state index contributed by atoms with van der Waals surface area (Å²) in [7, 11) is 0. The third-order valence-electron chi connectivity index (χ3n) is 2.09. The highest BCUT2D eigenvalue weighted by Crippen LogP contribution is 2.19. The van der Waals surface area contributed by atoms with E-state index in [2.05, 4.69) is 6.07 Å². The van der Waals surface area contributed by atoms with Crippen molar-refractivity contribution in [3.8, 4) is 17.2 Å². The number of rotatable bonds is 1. The van der Waals surface area contributed by atoms with Crippen LogP contribution in [0, 0.1) is 23.2 Å². The summed E-state index contributed by atoms with van der Waals surface area (Å²) in [5.41, 5.74) is 2.14. The van der Waals surface area contributed by atoms with Crippen molar-refractivity contribution in [2.45, 2.75) is 0 Å². The van der Waals surface area contributed by atoms with Crippen LogP contribution in [-0.4, -0.2) is 0 Å². The summed E-state index contributed by atoms with van der Waals surface area (Å²) in [4.78, 5) is 0. The second-order valence-electron chi connectivity index (χ2n) is 3.11. The maximum absolute atomic E-state index is 12.9. The highest BCUT2D eigenvalue weighted by atomic mass is 19.1. The molecular formula is C13H7FN. The Hall–Kier alpha value is -2.14. The van der Waals surface area contributed by atoms with E-state index in [4.69, 9.17) is 5.26 Å². The molecule has 2 aromatic rings. The van der Waals surface area contributed by atoms with Crippen molar-refractivity contribution in [3.63, 3.8) is 0 Å². The Balaban J connectivity index is 2.42. The molecule has 15 heavy (non-hydrogen) atoms. The van der Waals surface area contributed by atoms with E-state index in [0.717, 1.165) is 5.56 Å². The first-order valence-electron chi connectivity index (χ1n) is 4.47. The van der Waals surface area contributed by atoms with Gasteiger partial charge in [0.1, 0.15) is 5.82 Å². The van der Waals surface area contributed by atoms with Crippen LogP contribution in [0.2, 0.25) is 0 Å². The lowest BCUT2D eigenvalue weighted by Gasteiger charge is -2.00. The maximum Gasteiger partial charge on any atom is 0.123 e. The van der Waals surface area contributed by atoms with Gasteiger partial charge in [0.2, 0.25) is 0 Å². The molecule has 0 saturated heterocycles. The van der Waals surface area contributed by atoms with Gasteiger partial charge in [-0.05, 0) is 41.5 Å². The Morgan fingerprint density at radius 2 is 1.87 bits per heavy atom. The Labute approximate surface area is 87.4 Å². The zero-order chi connectivity index (χ0) is 10.7. The van der Waals surface area contributed by atoms with Gasteiger partial charge in [0, 0.05) is 0 Å². The molecule has 0 atom stereocenters. The lowest BCUT2D eigenvalue weighted by Crippen LogP contribution is -1.81. The van der Waals surface area contributed by atoms with Gasteiger partial charge in [-0.2, -0.15) is 5.26 Å². The Morgan fingerprint density at radius 1 is 1.13 bits per heavy atom. The molecule has 0 unspecified atom stereocenters. The molecule has 0 spiro atoms. The van der Waals surface area contributed by atoms with E-state index in [0.29, 0.717) is 11.1 Å². The second-order valence-corrected chi connectivity index (χ2v) is 3.11. The molecule has 0 saturated carbocycles. The van der Waals surface area contributed by atoms with Gasteiger partial charge < -0.3 is 0 Å². The van der Waals surface area contributed by atoms with Crippen molar-refractivity contribution >= 4 is 0 Å². The van der Waals surface area contributed by atoms with Crippen molar-refractivity contribution in [2.75, 3.05) is 0 Å². The average Bonchev–Trinajstić information content (AvgIpc) is 2.29.